The molecule has 10 nitrogen and oxygen atoms in total. The second-order valence-corrected chi connectivity index (χ2v) is 6.72. The molecule has 1 aliphatic heterocycles. The topological polar surface area (TPSA) is 178 Å². The van der Waals surface area contributed by atoms with E-state index in [1.54, 1.807) is 0 Å². The first-order valence-electron chi connectivity index (χ1n) is 7.79. The van der Waals surface area contributed by atoms with E-state index in [0.29, 0.717) is 11.8 Å². The first-order valence-corrected chi connectivity index (χ1v) is 7.79. The number of aliphatic hydroxyl groups is 1. The Balaban J connectivity index is 0.000000180. The fourth-order valence-corrected chi connectivity index (χ4v) is 4.05. The van der Waals surface area contributed by atoms with Crippen LogP contribution < -0.4 is 5.32 Å². The van der Waals surface area contributed by atoms with E-state index < -0.39 is 36.4 Å². The van der Waals surface area contributed by atoms with E-state index in [4.69, 9.17) is 20.4 Å². The number of hydrogen-bond donors (Lipinski definition) is 5. The van der Waals surface area contributed by atoms with Crippen LogP contribution in [-0.4, -0.2) is 55.7 Å². The Labute approximate surface area is 141 Å². The van der Waals surface area contributed by atoms with Crippen LogP contribution in [0.4, 0.5) is 0 Å². The normalized spacial score (nSPS) is 29.5. The molecule has 0 radical (unpaired) electrons. The van der Waals surface area contributed by atoms with Crippen LogP contribution in [0.5, 0.6) is 0 Å². The molecule has 0 aromatic heterocycles. The summed E-state index contributed by atoms with van der Waals surface area (Å²) in [5.74, 6) is -3.88. The second kappa shape index (κ2) is 6.79. The van der Waals surface area contributed by atoms with Crippen LogP contribution >= 0.6 is 0 Å². The van der Waals surface area contributed by atoms with Crippen LogP contribution in [0.15, 0.2) is 0 Å². The number of hydrogen-bond acceptors (Lipinski definition) is 6. The molecule has 2 aliphatic carbocycles. The van der Waals surface area contributed by atoms with E-state index in [1.807, 2.05) is 0 Å². The summed E-state index contributed by atoms with van der Waals surface area (Å²) >= 11 is 0. The lowest BCUT2D eigenvalue weighted by Gasteiger charge is -2.19. The predicted octanol–water partition coefficient (Wildman–Crippen LogP) is -0.943. The van der Waals surface area contributed by atoms with Gasteiger partial charge in [0, 0.05) is 0 Å². The van der Waals surface area contributed by atoms with Gasteiger partial charge in [-0.25, -0.2) is 4.79 Å². The number of amides is 2. The molecule has 2 bridgehead atoms. The van der Waals surface area contributed by atoms with E-state index in [2.05, 4.69) is 5.32 Å². The van der Waals surface area contributed by atoms with Crippen molar-refractivity contribution in [2.24, 2.45) is 23.7 Å². The Morgan fingerprint density at radius 3 is 1.64 bits per heavy atom. The number of carbonyl (C=O) groups excluding carboxylic acids is 2. The molecule has 1 saturated heterocycles. The van der Waals surface area contributed by atoms with Crippen LogP contribution in [0.1, 0.15) is 32.1 Å². The number of carbonyl (C=O) groups is 5. The van der Waals surface area contributed by atoms with E-state index >= 15 is 0 Å². The third-order valence-corrected chi connectivity index (χ3v) is 5.05. The predicted molar refractivity (Wildman–Crippen MR) is 78.1 cm³/mol. The molecule has 10 heteroatoms. The van der Waals surface area contributed by atoms with Gasteiger partial charge in [-0.2, -0.15) is 0 Å². The Morgan fingerprint density at radius 1 is 0.920 bits per heavy atom. The quantitative estimate of drug-likeness (QED) is 0.388. The summed E-state index contributed by atoms with van der Waals surface area (Å²) in [5.41, 5.74) is -2.74. The number of imide groups is 1. The summed E-state index contributed by atoms with van der Waals surface area (Å²) in [5, 5.41) is 36.3. The fourth-order valence-electron chi connectivity index (χ4n) is 4.05. The van der Waals surface area contributed by atoms with Gasteiger partial charge in [-0.3, -0.25) is 24.5 Å². The molecule has 0 aromatic rings. The van der Waals surface area contributed by atoms with Gasteiger partial charge in [0.15, 0.2) is 5.60 Å². The van der Waals surface area contributed by atoms with E-state index in [0.717, 1.165) is 19.3 Å². The van der Waals surface area contributed by atoms with E-state index in [9.17, 15) is 24.0 Å². The van der Waals surface area contributed by atoms with Gasteiger partial charge in [0.25, 0.3) is 0 Å². The minimum atomic E-state index is -2.74. The van der Waals surface area contributed by atoms with E-state index in [-0.39, 0.29) is 23.7 Å². The highest BCUT2D eigenvalue weighted by atomic mass is 16.4. The minimum absolute atomic E-state index is 0.00259. The van der Waals surface area contributed by atoms with Crippen molar-refractivity contribution in [1.29, 1.82) is 0 Å². The Kier molecular flexibility index (Phi) is 5.12. The van der Waals surface area contributed by atoms with Crippen LogP contribution in [0.25, 0.3) is 0 Å². The molecule has 5 N–H and O–H groups in total. The van der Waals surface area contributed by atoms with Gasteiger partial charge < -0.3 is 20.4 Å². The summed E-state index contributed by atoms with van der Waals surface area (Å²) in [6.07, 6.45) is 1.15. The molecule has 4 unspecified atom stereocenters. The SMILES string of the molecule is O=C(O)CC(O)(CC(=O)O)C(=O)O.O=C1NC(=O)C2C3CCC(C3)C12. The van der Waals surface area contributed by atoms with Gasteiger partial charge in [0.2, 0.25) is 11.8 Å². The van der Waals surface area contributed by atoms with Gasteiger partial charge in [-0.05, 0) is 31.1 Å². The summed E-state index contributed by atoms with van der Waals surface area (Å²) in [4.78, 5) is 53.1. The van der Waals surface area contributed by atoms with Crippen molar-refractivity contribution >= 4 is 29.7 Å². The number of rotatable bonds is 5. The van der Waals surface area contributed by atoms with Crippen molar-refractivity contribution in [1.82, 2.24) is 5.32 Å². The second-order valence-electron chi connectivity index (χ2n) is 6.72. The zero-order chi connectivity index (χ0) is 18.9. The van der Waals surface area contributed by atoms with Crippen LogP contribution in [-0.2, 0) is 24.0 Å². The first-order chi connectivity index (χ1) is 11.5. The number of nitrogens with one attached hydrogen (secondary N) is 1. The molecule has 0 spiro atoms. The average Bonchev–Trinajstić information content (AvgIpc) is 3.12. The molecule has 2 amide bonds. The van der Waals surface area contributed by atoms with Crippen molar-refractivity contribution in [2.45, 2.75) is 37.7 Å². The molecule has 0 aromatic carbocycles. The summed E-state index contributed by atoms with van der Waals surface area (Å²) < 4.78 is 0. The zero-order valence-electron chi connectivity index (χ0n) is 13.2. The fraction of sp³-hybridized carbons (Fsp3) is 0.667. The Hall–Kier alpha value is -2.49. The van der Waals surface area contributed by atoms with Crippen molar-refractivity contribution in [2.75, 3.05) is 0 Å². The largest absolute Gasteiger partial charge is 0.481 e. The highest BCUT2D eigenvalue weighted by molar-refractivity contribution is 6.06. The maximum Gasteiger partial charge on any atom is 0.336 e. The molecule has 138 valence electrons. The minimum Gasteiger partial charge on any atom is -0.481 e. The molecular formula is C15H19NO9. The maximum absolute atomic E-state index is 11.3. The maximum atomic E-state index is 11.3. The number of carboxylic acid groups (broad SMARTS) is 3. The molecule has 3 rings (SSSR count). The van der Waals surface area contributed by atoms with Gasteiger partial charge in [0.05, 0.1) is 24.7 Å². The van der Waals surface area contributed by atoms with Crippen LogP contribution in [0.3, 0.4) is 0 Å². The first kappa shape index (κ1) is 18.8. The summed E-state index contributed by atoms with van der Waals surface area (Å²) in [6.45, 7) is 0. The molecular weight excluding hydrogens is 338 g/mol. The number of fused-ring (bicyclic) bond motifs is 5. The van der Waals surface area contributed by atoms with Gasteiger partial charge in [0.1, 0.15) is 0 Å². The summed E-state index contributed by atoms with van der Waals surface area (Å²) in [7, 11) is 0. The van der Waals surface area contributed by atoms with Crippen LogP contribution in [0.2, 0.25) is 0 Å². The lowest BCUT2D eigenvalue weighted by atomic mass is 9.81. The molecule has 3 fully saturated rings. The van der Waals surface area contributed by atoms with E-state index in [1.165, 1.54) is 0 Å². The van der Waals surface area contributed by atoms with Crippen molar-refractivity contribution in [3.8, 4) is 0 Å². The van der Waals surface area contributed by atoms with Crippen molar-refractivity contribution < 1.29 is 44.4 Å². The third kappa shape index (κ3) is 3.78. The number of carboxylic acids is 3. The molecule has 1 heterocycles. The summed E-state index contributed by atoms with van der Waals surface area (Å²) in [6, 6.07) is 0. The average molecular weight is 357 g/mol. The lowest BCUT2D eigenvalue weighted by Crippen LogP contribution is -2.42. The third-order valence-electron chi connectivity index (χ3n) is 5.05. The zero-order valence-corrected chi connectivity index (χ0v) is 13.2. The smallest absolute Gasteiger partial charge is 0.336 e. The highest BCUT2D eigenvalue weighted by Gasteiger charge is 2.57. The lowest BCUT2D eigenvalue weighted by molar-refractivity contribution is -0.170. The molecule has 25 heavy (non-hydrogen) atoms. The van der Waals surface area contributed by atoms with Gasteiger partial charge in [-0.1, -0.05) is 0 Å². The van der Waals surface area contributed by atoms with Gasteiger partial charge >= 0.3 is 17.9 Å². The van der Waals surface area contributed by atoms with Crippen molar-refractivity contribution in [3.05, 3.63) is 0 Å². The van der Waals surface area contributed by atoms with Crippen molar-refractivity contribution in [3.63, 3.8) is 0 Å². The monoisotopic (exact) mass is 357 g/mol. The Morgan fingerprint density at radius 2 is 1.32 bits per heavy atom. The molecule has 2 saturated carbocycles. The standard InChI is InChI=1S/C9H11NO2.C6H8O7/c11-8-6-4-1-2-5(3-4)7(6)9(12)10-8;7-3(8)1-6(13,5(11)12)2-4(9)10/h4-7H,1-3H2,(H,10,11,12);13H,1-2H2,(H,7,8)(H,9,10)(H,11,12). The molecule has 3 aliphatic rings. The number of aliphatic carboxylic acids is 3. The molecule has 4 atom stereocenters. The van der Waals surface area contributed by atoms with Crippen LogP contribution in [0, 0.1) is 23.7 Å². The van der Waals surface area contributed by atoms with Gasteiger partial charge in [-0.15, -0.1) is 0 Å². The Bertz CT molecular complexity index is 586. The highest BCUT2D eigenvalue weighted by Crippen LogP contribution is 2.54.